The highest BCUT2D eigenvalue weighted by Gasteiger charge is 2.33. The second kappa shape index (κ2) is 5.02. The van der Waals surface area contributed by atoms with E-state index in [0.717, 1.165) is 0 Å². The first-order valence-electron chi connectivity index (χ1n) is 4.64. The highest BCUT2D eigenvalue weighted by Crippen LogP contribution is 2.38. The minimum atomic E-state index is -4.54. The van der Waals surface area contributed by atoms with Gasteiger partial charge in [-0.15, -0.1) is 0 Å². The summed E-state index contributed by atoms with van der Waals surface area (Å²) < 4.78 is 37.3. The molecule has 96 valence electrons. The molecule has 0 amide bonds. The number of rotatable bonds is 2. The van der Waals surface area contributed by atoms with Gasteiger partial charge in [0.2, 0.25) is 0 Å². The Bertz CT molecular complexity index is 397. The zero-order valence-corrected chi connectivity index (χ0v) is 10.2. The van der Waals surface area contributed by atoms with Crippen LogP contribution in [0.25, 0.3) is 0 Å². The number of aliphatic hydroxyl groups excluding tert-OH is 1. The van der Waals surface area contributed by atoms with Crippen molar-refractivity contribution < 1.29 is 18.3 Å². The fourth-order valence-corrected chi connectivity index (χ4v) is 2.00. The van der Waals surface area contributed by atoms with Gasteiger partial charge in [0.25, 0.3) is 0 Å². The number of hydrogen-bond donors (Lipinski definition) is 2. The van der Waals surface area contributed by atoms with Crippen molar-refractivity contribution >= 4 is 23.2 Å². The maximum atomic E-state index is 12.4. The number of nitrogens with two attached hydrogens (primary N) is 1. The van der Waals surface area contributed by atoms with Gasteiger partial charge in [-0.2, -0.15) is 13.2 Å². The van der Waals surface area contributed by atoms with E-state index in [0.29, 0.717) is 12.1 Å². The van der Waals surface area contributed by atoms with Crippen LogP contribution in [0, 0.1) is 0 Å². The number of hydrogen-bond acceptors (Lipinski definition) is 2. The van der Waals surface area contributed by atoms with Gasteiger partial charge in [0.05, 0.1) is 11.7 Å². The number of halogens is 5. The van der Waals surface area contributed by atoms with Crippen LogP contribution in [0.4, 0.5) is 13.2 Å². The Morgan fingerprint density at radius 3 is 1.94 bits per heavy atom. The Morgan fingerprint density at radius 2 is 1.65 bits per heavy atom. The lowest BCUT2D eigenvalue weighted by atomic mass is 10.0. The highest BCUT2D eigenvalue weighted by molar-refractivity contribution is 6.36. The normalized spacial score (nSPS) is 15.8. The molecule has 3 N–H and O–H groups in total. The summed E-state index contributed by atoms with van der Waals surface area (Å²) in [7, 11) is 0. The molecule has 17 heavy (non-hydrogen) atoms. The average Bonchev–Trinajstić information content (AvgIpc) is 2.14. The van der Waals surface area contributed by atoms with Gasteiger partial charge in [0.1, 0.15) is 0 Å². The molecule has 0 fully saturated rings. The first kappa shape index (κ1) is 14.6. The summed E-state index contributed by atoms with van der Waals surface area (Å²) >= 11 is 11.4. The molecule has 1 aromatic carbocycles. The van der Waals surface area contributed by atoms with Crippen molar-refractivity contribution in [2.24, 2.45) is 5.73 Å². The Labute approximate surface area is 106 Å². The molecule has 7 heteroatoms. The third kappa shape index (κ3) is 3.25. The van der Waals surface area contributed by atoms with Gasteiger partial charge >= 0.3 is 6.18 Å². The molecule has 0 aromatic heterocycles. The molecule has 2 atom stereocenters. The second-order valence-electron chi connectivity index (χ2n) is 3.66. The van der Waals surface area contributed by atoms with Crippen molar-refractivity contribution in [2.75, 3.05) is 0 Å². The zero-order chi connectivity index (χ0) is 13.4. The molecule has 0 heterocycles. The van der Waals surface area contributed by atoms with E-state index in [9.17, 15) is 18.3 Å². The summed E-state index contributed by atoms with van der Waals surface area (Å²) in [6.07, 6.45) is -5.75. The van der Waals surface area contributed by atoms with Gasteiger partial charge in [0, 0.05) is 21.7 Å². The fraction of sp³-hybridized carbons (Fsp3) is 0.400. The van der Waals surface area contributed by atoms with Gasteiger partial charge in [-0.05, 0) is 19.1 Å². The van der Waals surface area contributed by atoms with Gasteiger partial charge in [-0.3, -0.25) is 0 Å². The van der Waals surface area contributed by atoms with Crippen LogP contribution in [0.2, 0.25) is 10.0 Å². The summed E-state index contributed by atoms with van der Waals surface area (Å²) in [6.45, 7) is 1.50. The molecule has 1 rings (SSSR count). The molecule has 0 bridgehead atoms. The summed E-state index contributed by atoms with van der Waals surface area (Å²) in [4.78, 5) is 0. The van der Waals surface area contributed by atoms with Crippen LogP contribution in [0.15, 0.2) is 12.1 Å². The first-order valence-corrected chi connectivity index (χ1v) is 5.40. The third-order valence-electron chi connectivity index (χ3n) is 2.20. The van der Waals surface area contributed by atoms with Crippen LogP contribution in [0.5, 0.6) is 0 Å². The Hall–Kier alpha value is -0.490. The molecule has 0 saturated carbocycles. The second-order valence-corrected chi connectivity index (χ2v) is 4.47. The minimum absolute atomic E-state index is 0.0105. The van der Waals surface area contributed by atoms with Gasteiger partial charge < -0.3 is 10.8 Å². The number of aliphatic hydroxyl groups is 1. The van der Waals surface area contributed by atoms with Crippen molar-refractivity contribution in [1.82, 2.24) is 0 Å². The van der Waals surface area contributed by atoms with Crippen molar-refractivity contribution in [2.45, 2.75) is 25.2 Å². The third-order valence-corrected chi connectivity index (χ3v) is 2.83. The van der Waals surface area contributed by atoms with Crippen molar-refractivity contribution in [3.63, 3.8) is 0 Å². The molecule has 0 aliphatic rings. The topological polar surface area (TPSA) is 46.2 Å². The molecule has 0 radical (unpaired) electrons. The summed E-state index contributed by atoms with van der Waals surface area (Å²) in [5, 5.41) is 9.17. The lowest BCUT2D eigenvalue weighted by Gasteiger charge is -2.19. The van der Waals surface area contributed by atoms with Gasteiger partial charge in [-0.25, -0.2) is 0 Å². The van der Waals surface area contributed by atoms with E-state index in [-0.39, 0.29) is 15.6 Å². The molecule has 1 aromatic rings. The Kier molecular flexibility index (Phi) is 4.30. The molecule has 0 aliphatic carbocycles. The maximum Gasteiger partial charge on any atom is 0.416 e. The van der Waals surface area contributed by atoms with Crippen LogP contribution in [-0.4, -0.2) is 11.1 Å². The van der Waals surface area contributed by atoms with Crippen molar-refractivity contribution in [3.8, 4) is 0 Å². The molecule has 0 unspecified atom stereocenters. The Morgan fingerprint density at radius 1 is 1.24 bits per heavy atom. The van der Waals surface area contributed by atoms with Gasteiger partial charge in [-0.1, -0.05) is 23.2 Å². The highest BCUT2D eigenvalue weighted by atomic mass is 35.5. The molecule has 0 spiro atoms. The number of alkyl halides is 3. The smallest absolute Gasteiger partial charge is 0.387 e. The first-order chi connectivity index (χ1) is 7.64. The minimum Gasteiger partial charge on any atom is -0.387 e. The van der Waals surface area contributed by atoms with E-state index in [4.69, 9.17) is 28.9 Å². The molecule has 2 nitrogen and oxygen atoms in total. The summed E-state index contributed by atoms with van der Waals surface area (Å²) in [5.74, 6) is 0. The maximum absolute atomic E-state index is 12.4. The quantitative estimate of drug-likeness (QED) is 0.876. The largest absolute Gasteiger partial charge is 0.416 e. The van der Waals surface area contributed by atoms with E-state index in [1.165, 1.54) is 6.92 Å². The van der Waals surface area contributed by atoms with E-state index < -0.39 is 23.9 Å². The number of benzene rings is 1. The van der Waals surface area contributed by atoms with Gasteiger partial charge in [0.15, 0.2) is 0 Å². The zero-order valence-electron chi connectivity index (χ0n) is 8.72. The van der Waals surface area contributed by atoms with E-state index in [2.05, 4.69) is 0 Å². The van der Waals surface area contributed by atoms with Crippen LogP contribution < -0.4 is 5.73 Å². The van der Waals surface area contributed by atoms with Crippen LogP contribution in [0.1, 0.15) is 24.2 Å². The summed E-state index contributed by atoms with van der Waals surface area (Å²) in [6, 6.07) is 0.740. The standard InChI is InChI=1S/C10H10Cl2F3NO/c1-4(16)9(17)8-6(11)2-5(3-7(8)12)10(13,14)15/h2-4,9,17H,16H2,1H3/t4-,9-/m1/s1. The predicted molar refractivity (Wildman–Crippen MR) is 60.1 cm³/mol. The van der Waals surface area contributed by atoms with Crippen molar-refractivity contribution in [3.05, 3.63) is 33.3 Å². The monoisotopic (exact) mass is 287 g/mol. The lowest BCUT2D eigenvalue weighted by Crippen LogP contribution is -2.25. The lowest BCUT2D eigenvalue weighted by molar-refractivity contribution is -0.137. The molecular formula is C10H10Cl2F3NO. The fourth-order valence-electron chi connectivity index (χ4n) is 1.29. The predicted octanol–water partition coefficient (Wildman–Crippen LogP) is 3.39. The average molecular weight is 288 g/mol. The SMILES string of the molecule is C[C@@H](N)[C@@H](O)c1c(Cl)cc(C(F)(F)F)cc1Cl. The Balaban J connectivity index is 3.29. The van der Waals surface area contributed by atoms with Crippen LogP contribution in [0.3, 0.4) is 0 Å². The van der Waals surface area contributed by atoms with Crippen LogP contribution >= 0.6 is 23.2 Å². The summed E-state index contributed by atoms with van der Waals surface area (Å²) in [5.41, 5.74) is 4.49. The van der Waals surface area contributed by atoms with E-state index >= 15 is 0 Å². The molecular weight excluding hydrogens is 278 g/mol. The van der Waals surface area contributed by atoms with Crippen molar-refractivity contribution in [1.29, 1.82) is 0 Å². The molecule has 0 aliphatic heterocycles. The van der Waals surface area contributed by atoms with Crippen LogP contribution in [-0.2, 0) is 6.18 Å². The van der Waals surface area contributed by atoms with E-state index in [1.807, 2.05) is 0 Å². The molecule has 0 saturated heterocycles. The van der Waals surface area contributed by atoms with E-state index in [1.54, 1.807) is 0 Å².